The van der Waals surface area contributed by atoms with Crippen molar-refractivity contribution in [3.8, 4) is 0 Å². The monoisotopic (exact) mass is 213 g/mol. The molecule has 1 saturated carbocycles. The highest BCUT2D eigenvalue weighted by Gasteiger charge is 2.26. The molecule has 0 aromatic heterocycles. The molecule has 1 aliphatic rings. The van der Waals surface area contributed by atoms with Crippen LogP contribution in [0.3, 0.4) is 0 Å². The first-order valence-electron chi connectivity index (χ1n) is 4.88. The molecule has 0 bridgehead atoms. The van der Waals surface area contributed by atoms with E-state index in [0.29, 0.717) is 16.5 Å². The Balaban J connectivity index is 2.19. The number of benzene rings is 1. The Kier molecular flexibility index (Phi) is 2.75. The van der Waals surface area contributed by atoms with Crippen LogP contribution in [0.4, 0.5) is 4.39 Å². The van der Waals surface area contributed by atoms with Crippen molar-refractivity contribution in [1.82, 2.24) is 0 Å². The van der Waals surface area contributed by atoms with Gasteiger partial charge in [-0.15, -0.1) is 0 Å². The summed E-state index contributed by atoms with van der Waals surface area (Å²) in [6.07, 6.45) is 3.29. The van der Waals surface area contributed by atoms with Crippen molar-refractivity contribution < 1.29 is 4.39 Å². The number of rotatable bonds is 3. The molecule has 0 saturated heterocycles. The molecule has 14 heavy (non-hydrogen) atoms. The number of hydrogen-bond donors (Lipinski definition) is 1. The van der Waals surface area contributed by atoms with Crippen LogP contribution in [0.2, 0.25) is 5.02 Å². The average Bonchev–Trinajstić information content (AvgIpc) is 2.87. The third-order valence-corrected chi connectivity index (χ3v) is 2.98. The van der Waals surface area contributed by atoms with Gasteiger partial charge < -0.3 is 5.73 Å². The van der Waals surface area contributed by atoms with Gasteiger partial charge in [0.25, 0.3) is 0 Å². The lowest BCUT2D eigenvalue weighted by Gasteiger charge is -2.13. The SMILES string of the molecule is NC(CC1CC1)c1c(F)cccc1Cl. The lowest BCUT2D eigenvalue weighted by atomic mass is 10.0. The van der Waals surface area contributed by atoms with Crippen molar-refractivity contribution in [2.75, 3.05) is 0 Å². The maximum Gasteiger partial charge on any atom is 0.129 e. The standard InChI is InChI=1S/C11H13ClFN/c12-8-2-1-3-9(13)11(8)10(14)6-7-4-5-7/h1-3,7,10H,4-6,14H2. The van der Waals surface area contributed by atoms with Gasteiger partial charge in [0.05, 0.1) is 0 Å². The van der Waals surface area contributed by atoms with Gasteiger partial charge in [0.1, 0.15) is 5.82 Å². The van der Waals surface area contributed by atoms with Gasteiger partial charge in [0, 0.05) is 16.6 Å². The zero-order chi connectivity index (χ0) is 10.1. The molecule has 2 rings (SSSR count). The number of nitrogens with two attached hydrogens (primary N) is 1. The highest BCUT2D eigenvalue weighted by Crippen LogP contribution is 2.38. The summed E-state index contributed by atoms with van der Waals surface area (Å²) in [7, 11) is 0. The third kappa shape index (κ3) is 2.07. The molecular formula is C11H13ClFN. The zero-order valence-electron chi connectivity index (χ0n) is 7.84. The zero-order valence-corrected chi connectivity index (χ0v) is 8.60. The van der Waals surface area contributed by atoms with Crippen LogP contribution in [0.15, 0.2) is 18.2 Å². The summed E-state index contributed by atoms with van der Waals surface area (Å²) in [6.45, 7) is 0. The topological polar surface area (TPSA) is 26.0 Å². The summed E-state index contributed by atoms with van der Waals surface area (Å²) in [5.41, 5.74) is 6.39. The molecule has 76 valence electrons. The molecular weight excluding hydrogens is 201 g/mol. The van der Waals surface area contributed by atoms with Gasteiger partial charge in [-0.25, -0.2) is 4.39 Å². The van der Waals surface area contributed by atoms with Gasteiger partial charge >= 0.3 is 0 Å². The van der Waals surface area contributed by atoms with Gasteiger partial charge in [-0.3, -0.25) is 0 Å². The van der Waals surface area contributed by atoms with E-state index in [1.54, 1.807) is 12.1 Å². The summed E-state index contributed by atoms with van der Waals surface area (Å²) in [5, 5.41) is 0.443. The highest BCUT2D eigenvalue weighted by molar-refractivity contribution is 6.31. The minimum Gasteiger partial charge on any atom is -0.324 e. The Morgan fingerprint density at radius 3 is 2.79 bits per heavy atom. The van der Waals surface area contributed by atoms with Gasteiger partial charge in [0.15, 0.2) is 0 Å². The van der Waals surface area contributed by atoms with Crippen LogP contribution in [0.1, 0.15) is 30.9 Å². The van der Waals surface area contributed by atoms with Gasteiger partial charge in [-0.1, -0.05) is 30.5 Å². The van der Waals surface area contributed by atoms with Gasteiger partial charge in [-0.2, -0.15) is 0 Å². The quantitative estimate of drug-likeness (QED) is 0.820. The molecule has 0 radical (unpaired) electrons. The van der Waals surface area contributed by atoms with Crippen LogP contribution in [0.25, 0.3) is 0 Å². The summed E-state index contributed by atoms with van der Waals surface area (Å²) in [5.74, 6) is 0.395. The molecule has 3 heteroatoms. The summed E-state index contributed by atoms with van der Waals surface area (Å²) >= 11 is 5.91. The Morgan fingerprint density at radius 2 is 2.21 bits per heavy atom. The fraction of sp³-hybridized carbons (Fsp3) is 0.455. The number of halogens is 2. The van der Waals surface area contributed by atoms with E-state index in [9.17, 15) is 4.39 Å². The van der Waals surface area contributed by atoms with E-state index in [1.807, 2.05) is 0 Å². The minimum atomic E-state index is -0.286. The van der Waals surface area contributed by atoms with Crippen molar-refractivity contribution in [2.45, 2.75) is 25.3 Å². The van der Waals surface area contributed by atoms with E-state index in [1.165, 1.54) is 18.9 Å². The van der Waals surface area contributed by atoms with Crippen LogP contribution < -0.4 is 5.73 Å². The van der Waals surface area contributed by atoms with E-state index >= 15 is 0 Å². The van der Waals surface area contributed by atoms with Crippen LogP contribution >= 0.6 is 11.6 Å². The predicted octanol–water partition coefficient (Wildman–Crippen LogP) is 3.28. The molecule has 1 nitrogen and oxygen atoms in total. The first-order valence-corrected chi connectivity index (χ1v) is 5.25. The lowest BCUT2D eigenvalue weighted by Crippen LogP contribution is -2.13. The third-order valence-electron chi connectivity index (χ3n) is 2.65. The highest BCUT2D eigenvalue weighted by atomic mass is 35.5. The normalized spacial score (nSPS) is 18.2. The summed E-state index contributed by atoms with van der Waals surface area (Å²) < 4.78 is 13.4. The molecule has 1 atom stereocenters. The Labute approximate surface area is 88.1 Å². The first-order chi connectivity index (χ1) is 6.68. The number of hydrogen-bond acceptors (Lipinski definition) is 1. The molecule has 2 N–H and O–H groups in total. The summed E-state index contributed by atoms with van der Waals surface area (Å²) in [4.78, 5) is 0. The maximum absolute atomic E-state index is 13.4. The second-order valence-electron chi connectivity index (χ2n) is 3.92. The van der Waals surface area contributed by atoms with Crippen molar-refractivity contribution in [1.29, 1.82) is 0 Å². The van der Waals surface area contributed by atoms with Crippen molar-refractivity contribution in [3.05, 3.63) is 34.6 Å². The minimum absolute atomic E-state index is 0.254. The van der Waals surface area contributed by atoms with E-state index in [2.05, 4.69) is 0 Å². The van der Waals surface area contributed by atoms with E-state index in [0.717, 1.165) is 6.42 Å². The molecule has 1 aromatic carbocycles. The van der Waals surface area contributed by atoms with E-state index in [-0.39, 0.29) is 11.9 Å². The van der Waals surface area contributed by atoms with Crippen LogP contribution in [0, 0.1) is 11.7 Å². The van der Waals surface area contributed by atoms with E-state index in [4.69, 9.17) is 17.3 Å². The van der Waals surface area contributed by atoms with Crippen LogP contribution in [-0.2, 0) is 0 Å². The molecule has 1 fully saturated rings. The maximum atomic E-state index is 13.4. The van der Waals surface area contributed by atoms with Crippen LogP contribution in [-0.4, -0.2) is 0 Å². The first kappa shape index (κ1) is 9.94. The predicted molar refractivity (Wildman–Crippen MR) is 55.7 cm³/mol. The largest absolute Gasteiger partial charge is 0.324 e. The van der Waals surface area contributed by atoms with Crippen LogP contribution in [0.5, 0.6) is 0 Å². The molecule has 0 spiro atoms. The molecule has 0 heterocycles. The van der Waals surface area contributed by atoms with Crippen molar-refractivity contribution in [3.63, 3.8) is 0 Å². The average molecular weight is 214 g/mol. The lowest BCUT2D eigenvalue weighted by molar-refractivity contribution is 0.543. The Hall–Kier alpha value is -0.600. The molecule has 1 unspecified atom stereocenters. The van der Waals surface area contributed by atoms with E-state index < -0.39 is 0 Å². The molecule has 0 aliphatic heterocycles. The second kappa shape index (κ2) is 3.87. The van der Waals surface area contributed by atoms with Crippen molar-refractivity contribution in [2.24, 2.45) is 11.7 Å². The molecule has 1 aliphatic carbocycles. The van der Waals surface area contributed by atoms with Gasteiger partial charge in [0.2, 0.25) is 0 Å². The Bertz CT molecular complexity index is 316. The molecule has 1 aromatic rings. The fourth-order valence-corrected chi connectivity index (χ4v) is 2.00. The second-order valence-corrected chi connectivity index (χ2v) is 4.33. The smallest absolute Gasteiger partial charge is 0.129 e. The van der Waals surface area contributed by atoms with Gasteiger partial charge in [-0.05, 0) is 24.5 Å². The summed E-state index contributed by atoms with van der Waals surface area (Å²) in [6, 6.07) is 4.45. The fourth-order valence-electron chi connectivity index (χ4n) is 1.70. The van der Waals surface area contributed by atoms with Crippen molar-refractivity contribution >= 4 is 11.6 Å². The molecule has 0 amide bonds. The Morgan fingerprint density at radius 1 is 1.50 bits per heavy atom.